The van der Waals surface area contributed by atoms with Gasteiger partial charge < -0.3 is 15.5 Å². The van der Waals surface area contributed by atoms with Crippen molar-refractivity contribution in [2.24, 2.45) is 4.99 Å². The first-order valence-electron chi connectivity index (χ1n) is 11.0. The Balaban J connectivity index is 0.00000341. The SMILES string of the molecule is CN=C(NCCCCN1CCN(c2ccccc2)CC1)NCCc1ccccc1F.I. The van der Waals surface area contributed by atoms with Gasteiger partial charge in [-0.05, 0) is 49.6 Å². The third-order valence-electron chi connectivity index (χ3n) is 5.56. The molecule has 1 heterocycles. The Kier molecular flexibility index (Phi) is 11.7. The molecule has 0 spiro atoms. The van der Waals surface area contributed by atoms with Gasteiger partial charge in [0.05, 0.1) is 0 Å². The van der Waals surface area contributed by atoms with E-state index in [2.05, 4.69) is 55.8 Å². The van der Waals surface area contributed by atoms with Gasteiger partial charge in [0, 0.05) is 52.0 Å². The van der Waals surface area contributed by atoms with E-state index < -0.39 is 0 Å². The van der Waals surface area contributed by atoms with E-state index in [4.69, 9.17) is 0 Å². The van der Waals surface area contributed by atoms with Crippen molar-refractivity contribution in [3.8, 4) is 0 Å². The second kappa shape index (κ2) is 14.2. The molecule has 5 nitrogen and oxygen atoms in total. The summed E-state index contributed by atoms with van der Waals surface area (Å²) >= 11 is 0. The first kappa shape index (κ1) is 25.4. The molecular formula is C24H35FIN5. The van der Waals surface area contributed by atoms with Crippen molar-refractivity contribution in [1.29, 1.82) is 0 Å². The summed E-state index contributed by atoms with van der Waals surface area (Å²) < 4.78 is 13.7. The highest BCUT2D eigenvalue weighted by molar-refractivity contribution is 14.0. The van der Waals surface area contributed by atoms with Crippen LogP contribution in [0.15, 0.2) is 59.6 Å². The molecule has 0 amide bonds. The number of nitrogens with one attached hydrogen (secondary N) is 2. The maximum absolute atomic E-state index is 13.7. The number of hydrogen-bond donors (Lipinski definition) is 2. The van der Waals surface area contributed by atoms with Crippen LogP contribution < -0.4 is 15.5 Å². The minimum atomic E-state index is -0.146. The molecule has 2 N–H and O–H groups in total. The Hall–Kier alpha value is -1.87. The fraction of sp³-hybridized carbons (Fsp3) is 0.458. The van der Waals surface area contributed by atoms with Crippen molar-refractivity contribution in [3.05, 3.63) is 66.0 Å². The molecule has 0 radical (unpaired) electrons. The quantitative estimate of drug-likeness (QED) is 0.221. The molecule has 1 saturated heterocycles. The number of halogens is 2. The molecule has 0 unspecified atom stereocenters. The lowest BCUT2D eigenvalue weighted by Crippen LogP contribution is -2.46. The number of unbranched alkanes of at least 4 members (excludes halogenated alkanes) is 1. The Bertz CT molecular complexity index is 779. The van der Waals surface area contributed by atoms with Gasteiger partial charge >= 0.3 is 0 Å². The Labute approximate surface area is 203 Å². The zero-order chi connectivity index (χ0) is 21.0. The summed E-state index contributed by atoms with van der Waals surface area (Å²) in [5, 5.41) is 6.62. The van der Waals surface area contributed by atoms with E-state index in [9.17, 15) is 4.39 Å². The number of benzene rings is 2. The Morgan fingerprint density at radius 2 is 1.58 bits per heavy atom. The summed E-state index contributed by atoms with van der Waals surface area (Å²) in [6.45, 7) is 7.14. The molecule has 1 fully saturated rings. The summed E-state index contributed by atoms with van der Waals surface area (Å²) in [5.74, 6) is 0.634. The third kappa shape index (κ3) is 8.65. The number of nitrogens with zero attached hydrogens (tertiary/aromatic N) is 3. The predicted octanol–water partition coefficient (Wildman–Crippen LogP) is 3.75. The van der Waals surface area contributed by atoms with Crippen LogP contribution in [-0.4, -0.2) is 63.7 Å². The Morgan fingerprint density at radius 3 is 2.29 bits per heavy atom. The van der Waals surface area contributed by atoms with Gasteiger partial charge in [-0.25, -0.2) is 4.39 Å². The van der Waals surface area contributed by atoms with E-state index >= 15 is 0 Å². The predicted molar refractivity (Wildman–Crippen MR) is 139 cm³/mol. The van der Waals surface area contributed by atoms with E-state index in [1.807, 2.05) is 12.1 Å². The smallest absolute Gasteiger partial charge is 0.190 e. The highest BCUT2D eigenvalue weighted by Crippen LogP contribution is 2.15. The van der Waals surface area contributed by atoms with Crippen LogP contribution in [0.1, 0.15) is 18.4 Å². The maximum atomic E-state index is 13.7. The molecule has 0 saturated carbocycles. The standard InChI is InChI=1S/C24H34FN5.HI/c1-26-24(28-15-13-21-9-5-6-12-23(21)25)27-14-7-8-16-29-17-19-30(20-18-29)22-10-3-2-4-11-22;/h2-6,9-12H,7-8,13-20H2,1H3,(H2,26,27,28);1H. The molecule has 7 heteroatoms. The molecule has 31 heavy (non-hydrogen) atoms. The van der Waals surface area contributed by atoms with E-state index in [0.29, 0.717) is 13.0 Å². The molecule has 1 aliphatic heterocycles. The van der Waals surface area contributed by atoms with Crippen molar-refractivity contribution >= 4 is 35.6 Å². The highest BCUT2D eigenvalue weighted by Gasteiger charge is 2.16. The van der Waals surface area contributed by atoms with Crippen molar-refractivity contribution in [2.45, 2.75) is 19.3 Å². The van der Waals surface area contributed by atoms with Crippen LogP contribution in [0, 0.1) is 5.82 Å². The number of piperazine rings is 1. The zero-order valence-electron chi connectivity index (χ0n) is 18.4. The molecule has 0 aromatic heterocycles. The van der Waals surface area contributed by atoms with Crippen molar-refractivity contribution in [3.63, 3.8) is 0 Å². The molecule has 0 atom stereocenters. The van der Waals surface area contributed by atoms with Gasteiger partial charge in [-0.3, -0.25) is 9.89 Å². The van der Waals surface area contributed by atoms with Crippen LogP contribution in [0.25, 0.3) is 0 Å². The normalized spacial score (nSPS) is 14.8. The van der Waals surface area contributed by atoms with Crippen LogP contribution in [0.2, 0.25) is 0 Å². The Morgan fingerprint density at radius 1 is 0.903 bits per heavy atom. The van der Waals surface area contributed by atoms with Crippen LogP contribution in [0.5, 0.6) is 0 Å². The molecular weight excluding hydrogens is 504 g/mol. The van der Waals surface area contributed by atoms with Crippen LogP contribution >= 0.6 is 24.0 Å². The third-order valence-corrected chi connectivity index (χ3v) is 5.56. The van der Waals surface area contributed by atoms with Crippen molar-refractivity contribution in [1.82, 2.24) is 15.5 Å². The molecule has 3 rings (SSSR count). The lowest BCUT2D eigenvalue weighted by molar-refractivity contribution is 0.253. The van der Waals surface area contributed by atoms with E-state index in [1.165, 1.54) is 18.2 Å². The highest BCUT2D eigenvalue weighted by atomic mass is 127. The van der Waals surface area contributed by atoms with Gasteiger partial charge in [-0.15, -0.1) is 24.0 Å². The second-order valence-electron chi connectivity index (χ2n) is 7.64. The molecule has 0 aliphatic carbocycles. The average molecular weight is 539 g/mol. The van der Waals surface area contributed by atoms with Crippen LogP contribution in [0.3, 0.4) is 0 Å². The number of rotatable bonds is 9. The fourth-order valence-electron chi connectivity index (χ4n) is 3.77. The molecule has 1 aliphatic rings. The van der Waals surface area contributed by atoms with E-state index in [0.717, 1.165) is 57.2 Å². The monoisotopic (exact) mass is 539 g/mol. The van der Waals surface area contributed by atoms with Gasteiger partial charge in [-0.2, -0.15) is 0 Å². The number of anilines is 1. The first-order chi connectivity index (χ1) is 14.8. The number of aliphatic imine (C=N–C) groups is 1. The lowest BCUT2D eigenvalue weighted by atomic mass is 10.1. The minimum Gasteiger partial charge on any atom is -0.369 e. The van der Waals surface area contributed by atoms with Crippen molar-refractivity contribution in [2.75, 3.05) is 57.8 Å². The summed E-state index contributed by atoms with van der Waals surface area (Å²) in [6, 6.07) is 17.6. The molecule has 0 bridgehead atoms. The van der Waals surface area contributed by atoms with E-state index in [-0.39, 0.29) is 29.8 Å². The van der Waals surface area contributed by atoms with Crippen LogP contribution in [-0.2, 0) is 6.42 Å². The first-order valence-corrected chi connectivity index (χ1v) is 11.0. The lowest BCUT2D eigenvalue weighted by Gasteiger charge is -2.36. The largest absolute Gasteiger partial charge is 0.369 e. The minimum absolute atomic E-state index is 0. The van der Waals surface area contributed by atoms with Gasteiger partial charge in [0.25, 0.3) is 0 Å². The summed E-state index contributed by atoms with van der Waals surface area (Å²) in [6.07, 6.45) is 2.92. The number of guanidine groups is 1. The fourth-order valence-corrected chi connectivity index (χ4v) is 3.77. The maximum Gasteiger partial charge on any atom is 0.190 e. The average Bonchev–Trinajstić information content (AvgIpc) is 2.80. The number of hydrogen-bond acceptors (Lipinski definition) is 3. The molecule has 170 valence electrons. The van der Waals surface area contributed by atoms with Gasteiger partial charge in [0.1, 0.15) is 5.82 Å². The molecule has 2 aromatic rings. The van der Waals surface area contributed by atoms with Gasteiger partial charge in [-0.1, -0.05) is 36.4 Å². The summed E-state index contributed by atoms with van der Waals surface area (Å²) in [4.78, 5) is 9.27. The second-order valence-corrected chi connectivity index (χ2v) is 7.64. The summed E-state index contributed by atoms with van der Waals surface area (Å²) in [5.41, 5.74) is 2.06. The van der Waals surface area contributed by atoms with Gasteiger partial charge in [0.2, 0.25) is 0 Å². The molecule has 2 aromatic carbocycles. The van der Waals surface area contributed by atoms with Crippen molar-refractivity contribution < 1.29 is 4.39 Å². The van der Waals surface area contributed by atoms with Crippen LogP contribution in [0.4, 0.5) is 10.1 Å². The zero-order valence-corrected chi connectivity index (χ0v) is 20.7. The topological polar surface area (TPSA) is 42.9 Å². The van der Waals surface area contributed by atoms with Gasteiger partial charge in [0.15, 0.2) is 5.96 Å². The number of para-hydroxylation sites is 1. The van der Waals surface area contributed by atoms with E-state index in [1.54, 1.807) is 13.1 Å². The summed E-state index contributed by atoms with van der Waals surface area (Å²) in [7, 11) is 1.77.